The van der Waals surface area contributed by atoms with Gasteiger partial charge in [-0.1, -0.05) is 17.3 Å². The van der Waals surface area contributed by atoms with Crippen LogP contribution in [-0.4, -0.2) is 73.9 Å². The van der Waals surface area contributed by atoms with Gasteiger partial charge in [-0.3, -0.25) is 9.48 Å². The van der Waals surface area contributed by atoms with Crippen molar-refractivity contribution in [3.63, 3.8) is 0 Å². The predicted octanol–water partition coefficient (Wildman–Crippen LogP) is 2.78. The number of likely N-dealkylation sites (tertiary alicyclic amines) is 1. The number of fused-ring (bicyclic) bond motifs is 1. The fourth-order valence-corrected chi connectivity index (χ4v) is 4.39. The number of anilines is 1. The Morgan fingerprint density at radius 2 is 1.94 bits per heavy atom. The molecule has 1 aliphatic rings. The number of aromatic nitrogens is 6. The zero-order chi connectivity index (χ0) is 23.7. The Hall–Kier alpha value is -3.72. The van der Waals surface area contributed by atoms with E-state index in [0.717, 1.165) is 53.9 Å². The Labute approximate surface area is 198 Å². The van der Waals surface area contributed by atoms with E-state index < -0.39 is 0 Å². The number of hydrogen-bond acceptors (Lipinski definition) is 8. The second-order valence-electron chi connectivity index (χ2n) is 8.99. The van der Waals surface area contributed by atoms with E-state index in [2.05, 4.69) is 49.2 Å². The molecule has 1 fully saturated rings. The van der Waals surface area contributed by atoms with E-state index in [1.54, 1.807) is 23.1 Å². The normalized spacial score (nSPS) is 15.0. The summed E-state index contributed by atoms with van der Waals surface area (Å²) in [7, 11) is 6.05. The molecule has 0 saturated carbocycles. The van der Waals surface area contributed by atoms with Gasteiger partial charge >= 0.3 is 0 Å². The van der Waals surface area contributed by atoms with E-state index in [0.29, 0.717) is 17.4 Å². The molecule has 0 spiro atoms. The molecule has 0 radical (unpaired) electrons. The van der Waals surface area contributed by atoms with Crippen LogP contribution >= 0.6 is 0 Å². The van der Waals surface area contributed by atoms with E-state index in [4.69, 9.17) is 0 Å². The van der Waals surface area contributed by atoms with Gasteiger partial charge in [-0.15, -0.1) is 5.10 Å². The molecule has 0 bridgehead atoms. The first kappa shape index (κ1) is 22.1. The van der Waals surface area contributed by atoms with Crippen molar-refractivity contribution in [2.45, 2.75) is 25.3 Å². The molecule has 0 amide bonds. The van der Waals surface area contributed by atoms with Gasteiger partial charge in [0.2, 0.25) is 0 Å². The number of rotatable bonds is 6. The molecule has 0 unspecified atom stereocenters. The first-order valence-corrected chi connectivity index (χ1v) is 11.5. The van der Waals surface area contributed by atoms with Crippen LogP contribution in [0.3, 0.4) is 0 Å². The summed E-state index contributed by atoms with van der Waals surface area (Å²) in [6.45, 7) is 2.15. The number of ketones is 1. The topological polar surface area (TPSA) is 92.9 Å². The lowest BCUT2D eigenvalue weighted by Crippen LogP contribution is -2.42. The van der Waals surface area contributed by atoms with E-state index in [9.17, 15) is 4.79 Å². The monoisotopic (exact) mass is 456 g/mol. The van der Waals surface area contributed by atoms with Gasteiger partial charge < -0.3 is 9.80 Å². The van der Waals surface area contributed by atoms with Crippen LogP contribution in [0, 0.1) is 0 Å². The van der Waals surface area contributed by atoms with Crippen LogP contribution in [0.15, 0.2) is 48.9 Å². The maximum absolute atomic E-state index is 13.1. The van der Waals surface area contributed by atoms with Crippen molar-refractivity contribution >= 4 is 22.5 Å². The van der Waals surface area contributed by atoms with Gasteiger partial charge in [0, 0.05) is 49.0 Å². The van der Waals surface area contributed by atoms with Crippen molar-refractivity contribution < 1.29 is 4.79 Å². The predicted molar refractivity (Wildman–Crippen MR) is 131 cm³/mol. The molecule has 34 heavy (non-hydrogen) atoms. The van der Waals surface area contributed by atoms with Crippen molar-refractivity contribution in [2.24, 2.45) is 7.05 Å². The van der Waals surface area contributed by atoms with Crippen molar-refractivity contribution in [3.8, 4) is 11.3 Å². The lowest BCUT2D eigenvalue weighted by atomic mass is 10.0. The van der Waals surface area contributed by atoms with Crippen molar-refractivity contribution in [3.05, 3.63) is 60.3 Å². The third-order valence-electron chi connectivity index (χ3n) is 6.51. The molecule has 4 heterocycles. The van der Waals surface area contributed by atoms with Gasteiger partial charge in [-0.2, -0.15) is 0 Å². The highest BCUT2D eigenvalue weighted by Crippen LogP contribution is 2.23. The summed E-state index contributed by atoms with van der Waals surface area (Å²) in [6, 6.07) is 9.96. The molecular weight excluding hydrogens is 428 g/mol. The Kier molecular flexibility index (Phi) is 6.02. The SMILES string of the molecule is CN1CCC(N(C)c2cc(C(=O)Cc3ncc4ccc(-c5cn(C)nn5)cc4n3)ccn2)CC1. The van der Waals surface area contributed by atoms with E-state index in [1.807, 2.05) is 37.5 Å². The minimum atomic E-state index is -0.0233. The molecule has 1 aromatic carbocycles. The summed E-state index contributed by atoms with van der Waals surface area (Å²) in [5, 5.41) is 9.07. The number of Topliss-reactive ketones (excluding diaryl/α,β-unsaturated/α-hetero) is 1. The molecule has 4 aromatic rings. The molecule has 0 atom stereocenters. The van der Waals surface area contributed by atoms with E-state index in [1.165, 1.54) is 0 Å². The summed E-state index contributed by atoms with van der Waals surface area (Å²) >= 11 is 0. The van der Waals surface area contributed by atoms with Gasteiger partial charge in [0.05, 0.1) is 18.1 Å². The minimum Gasteiger partial charge on any atom is -0.357 e. The second-order valence-corrected chi connectivity index (χ2v) is 8.99. The average molecular weight is 457 g/mol. The number of piperidine rings is 1. The van der Waals surface area contributed by atoms with E-state index in [-0.39, 0.29) is 12.2 Å². The van der Waals surface area contributed by atoms with Gasteiger partial charge in [0.15, 0.2) is 5.78 Å². The third kappa shape index (κ3) is 4.65. The van der Waals surface area contributed by atoms with Crippen molar-refractivity contribution in [2.75, 3.05) is 32.1 Å². The zero-order valence-electron chi connectivity index (χ0n) is 19.7. The molecule has 0 aliphatic carbocycles. The summed E-state index contributed by atoms with van der Waals surface area (Å²) in [5.74, 6) is 1.30. The maximum atomic E-state index is 13.1. The molecule has 0 N–H and O–H groups in total. The summed E-state index contributed by atoms with van der Waals surface area (Å²) < 4.78 is 1.66. The standard InChI is InChI=1S/C25H28N8O/c1-31-10-7-20(8-11-31)33(3)25-13-18(6-9-26-25)23(34)14-24-27-15-19-5-4-17(12-21(19)28-24)22-16-32(2)30-29-22/h4-6,9,12-13,15-16,20H,7-8,10-11,14H2,1-3H3. The molecule has 9 heteroatoms. The zero-order valence-corrected chi connectivity index (χ0v) is 19.7. The van der Waals surface area contributed by atoms with Crippen molar-refractivity contribution in [1.29, 1.82) is 0 Å². The van der Waals surface area contributed by atoms with E-state index >= 15 is 0 Å². The molecule has 1 saturated heterocycles. The average Bonchev–Trinajstić information content (AvgIpc) is 3.30. The fourth-order valence-electron chi connectivity index (χ4n) is 4.39. The number of aryl methyl sites for hydroxylation is 1. The first-order chi connectivity index (χ1) is 16.5. The first-order valence-electron chi connectivity index (χ1n) is 11.5. The highest BCUT2D eigenvalue weighted by atomic mass is 16.1. The van der Waals surface area contributed by atoms with Crippen LogP contribution in [0.2, 0.25) is 0 Å². The van der Waals surface area contributed by atoms with Crippen LogP contribution in [0.1, 0.15) is 29.0 Å². The number of nitrogens with zero attached hydrogens (tertiary/aromatic N) is 8. The minimum absolute atomic E-state index is 0.0233. The Bertz CT molecular complexity index is 1330. The maximum Gasteiger partial charge on any atom is 0.170 e. The number of hydrogen-bond donors (Lipinski definition) is 0. The van der Waals surface area contributed by atoms with Gasteiger partial charge in [-0.25, -0.2) is 15.0 Å². The fraction of sp³-hybridized carbons (Fsp3) is 0.360. The summed E-state index contributed by atoms with van der Waals surface area (Å²) in [5.41, 5.74) is 3.10. The summed E-state index contributed by atoms with van der Waals surface area (Å²) in [6.07, 6.45) is 7.64. The Morgan fingerprint density at radius 3 is 2.71 bits per heavy atom. The Balaban J connectivity index is 1.33. The van der Waals surface area contributed by atoms with Gasteiger partial charge in [-0.05, 0) is 51.2 Å². The van der Waals surface area contributed by atoms with Crippen LogP contribution in [0.5, 0.6) is 0 Å². The third-order valence-corrected chi connectivity index (χ3v) is 6.51. The van der Waals surface area contributed by atoms with Crippen molar-refractivity contribution in [1.82, 2.24) is 34.8 Å². The number of pyridine rings is 1. The molecule has 5 rings (SSSR count). The second kappa shape index (κ2) is 9.26. The number of carbonyl (C=O) groups excluding carboxylic acids is 1. The van der Waals surface area contributed by atoms with Gasteiger partial charge in [0.25, 0.3) is 0 Å². The molecule has 174 valence electrons. The molecule has 3 aromatic heterocycles. The number of carbonyl (C=O) groups is 1. The molecular formula is C25H28N8O. The van der Waals surface area contributed by atoms with Crippen LogP contribution in [0.4, 0.5) is 5.82 Å². The van der Waals surface area contributed by atoms with Crippen LogP contribution < -0.4 is 4.90 Å². The highest BCUT2D eigenvalue weighted by molar-refractivity contribution is 5.98. The largest absolute Gasteiger partial charge is 0.357 e. The molecule has 9 nitrogen and oxygen atoms in total. The molecule has 1 aliphatic heterocycles. The lowest BCUT2D eigenvalue weighted by Gasteiger charge is -2.35. The Morgan fingerprint density at radius 1 is 1.12 bits per heavy atom. The van der Waals surface area contributed by atoms with Gasteiger partial charge in [0.1, 0.15) is 17.3 Å². The highest BCUT2D eigenvalue weighted by Gasteiger charge is 2.22. The smallest absolute Gasteiger partial charge is 0.170 e. The quantitative estimate of drug-likeness (QED) is 0.409. The number of benzene rings is 1. The summed E-state index contributed by atoms with van der Waals surface area (Å²) in [4.78, 5) is 31.2. The lowest BCUT2D eigenvalue weighted by molar-refractivity contribution is 0.0991. The van der Waals surface area contributed by atoms with Crippen LogP contribution in [-0.2, 0) is 13.5 Å². The van der Waals surface area contributed by atoms with Crippen LogP contribution in [0.25, 0.3) is 22.2 Å².